The largest absolute Gasteiger partial charge is 0.396 e. The summed E-state index contributed by atoms with van der Waals surface area (Å²) in [5, 5.41) is 10.8. The van der Waals surface area contributed by atoms with Crippen molar-refractivity contribution in [3.63, 3.8) is 0 Å². The Morgan fingerprint density at radius 3 is 2.65 bits per heavy atom. The molecule has 0 atom stereocenters. The first-order chi connectivity index (χ1) is 11.1. The number of nitrogens with two attached hydrogens (primary N) is 2. The number of rotatable bonds is 3. The van der Waals surface area contributed by atoms with Crippen LogP contribution in [-0.4, -0.2) is 0 Å². The standard InChI is InChI=1S/C17H13ClN4S/c18-13-6-11(5-12(7-13)17(20)14(9-19)22-21)16-8-10-3-1-2-4-15(10)23-16/h1-8,22H,20-21H2/b17-14-. The Labute approximate surface area is 142 Å². The fraction of sp³-hybridized carbons (Fsp3) is 0. The fourth-order valence-corrected chi connectivity index (χ4v) is 3.61. The second-order valence-corrected chi connectivity index (χ2v) is 6.44. The second kappa shape index (κ2) is 6.31. The maximum absolute atomic E-state index is 9.05. The molecule has 0 aliphatic carbocycles. The number of allylic oxidation sites excluding steroid dienone is 1. The molecule has 6 heteroatoms. The van der Waals surface area contributed by atoms with Crippen molar-refractivity contribution in [3.8, 4) is 16.5 Å². The lowest BCUT2D eigenvalue weighted by Crippen LogP contribution is -2.23. The van der Waals surface area contributed by atoms with Gasteiger partial charge in [0.1, 0.15) is 6.07 Å². The molecule has 0 bridgehead atoms. The topological polar surface area (TPSA) is 87.9 Å². The Morgan fingerprint density at radius 1 is 1.17 bits per heavy atom. The number of thiophene rings is 1. The number of benzene rings is 2. The first kappa shape index (κ1) is 15.4. The van der Waals surface area contributed by atoms with E-state index < -0.39 is 0 Å². The van der Waals surface area contributed by atoms with Crippen LogP contribution in [0.2, 0.25) is 5.02 Å². The van der Waals surface area contributed by atoms with Crippen molar-refractivity contribution in [1.29, 1.82) is 5.26 Å². The molecule has 1 aromatic heterocycles. The lowest BCUT2D eigenvalue weighted by atomic mass is 10.1. The van der Waals surface area contributed by atoms with Gasteiger partial charge in [0.25, 0.3) is 0 Å². The zero-order valence-corrected chi connectivity index (χ0v) is 13.6. The molecule has 0 radical (unpaired) electrons. The zero-order chi connectivity index (χ0) is 16.4. The predicted molar refractivity (Wildman–Crippen MR) is 96.3 cm³/mol. The third-order valence-corrected chi connectivity index (χ3v) is 4.83. The van der Waals surface area contributed by atoms with Crippen LogP contribution in [0.25, 0.3) is 26.2 Å². The number of hydrogen-bond donors (Lipinski definition) is 3. The first-order valence-electron chi connectivity index (χ1n) is 6.78. The van der Waals surface area contributed by atoms with E-state index in [2.05, 4.69) is 23.6 Å². The second-order valence-electron chi connectivity index (χ2n) is 4.92. The average molecular weight is 341 g/mol. The number of halogens is 1. The summed E-state index contributed by atoms with van der Waals surface area (Å²) >= 11 is 7.90. The van der Waals surface area contributed by atoms with Crippen molar-refractivity contribution < 1.29 is 0 Å². The van der Waals surface area contributed by atoms with Crippen LogP contribution >= 0.6 is 22.9 Å². The summed E-state index contributed by atoms with van der Waals surface area (Å²) in [6.07, 6.45) is 0. The molecule has 3 aromatic rings. The smallest absolute Gasteiger partial charge is 0.151 e. The van der Waals surface area contributed by atoms with E-state index in [-0.39, 0.29) is 11.4 Å². The normalized spacial score (nSPS) is 11.9. The van der Waals surface area contributed by atoms with Crippen LogP contribution in [0.1, 0.15) is 5.56 Å². The molecule has 1 heterocycles. The van der Waals surface area contributed by atoms with Gasteiger partial charge in [-0.05, 0) is 41.3 Å². The van der Waals surface area contributed by atoms with Crippen molar-refractivity contribution >= 4 is 38.7 Å². The highest BCUT2D eigenvalue weighted by Crippen LogP contribution is 2.35. The third kappa shape index (κ3) is 3.01. The monoisotopic (exact) mass is 340 g/mol. The molecule has 0 aliphatic heterocycles. The van der Waals surface area contributed by atoms with Crippen molar-refractivity contribution in [3.05, 3.63) is 64.8 Å². The van der Waals surface area contributed by atoms with E-state index in [1.54, 1.807) is 17.4 Å². The molecule has 0 saturated heterocycles. The van der Waals surface area contributed by atoms with Crippen LogP contribution in [0.4, 0.5) is 0 Å². The van der Waals surface area contributed by atoms with E-state index >= 15 is 0 Å². The van der Waals surface area contributed by atoms with E-state index in [0.717, 1.165) is 10.4 Å². The fourth-order valence-electron chi connectivity index (χ4n) is 2.33. The summed E-state index contributed by atoms with van der Waals surface area (Å²) in [4.78, 5) is 1.09. The number of nitriles is 1. The zero-order valence-electron chi connectivity index (χ0n) is 12.0. The molecule has 0 unspecified atom stereocenters. The van der Waals surface area contributed by atoms with Gasteiger partial charge in [0.2, 0.25) is 0 Å². The van der Waals surface area contributed by atoms with Gasteiger partial charge in [-0.3, -0.25) is 0 Å². The van der Waals surface area contributed by atoms with Crippen LogP contribution in [0.3, 0.4) is 0 Å². The van der Waals surface area contributed by atoms with Gasteiger partial charge in [0.15, 0.2) is 5.70 Å². The van der Waals surface area contributed by atoms with Gasteiger partial charge in [-0.1, -0.05) is 29.8 Å². The van der Waals surface area contributed by atoms with E-state index in [0.29, 0.717) is 10.6 Å². The molecule has 23 heavy (non-hydrogen) atoms. The van der Waals surface area contributed by atoms with E-state index in [1.165, 1.54) is 10.1 Å². The van der Waals surface area contributed by atoms with Gasteiger partial charge in [0.05, 0.1) is 5.70 Å². The quantitative estimate of drug-likeness (QED) is 0.384. The predicted octanol–water partition coefficient (Wildman–Crippen LogP) is 3.84. The Hall–Kier alpha value is -2.52. The van der Waals surface area contributed by atoms with Gasteiger partial charge in [-0.15, -0.1) is 11.3 Å². The lowest BCUT2D eigenvalue weighted by Gasteiger charge is -2.08. The van der Waals surface area contributed by atoms with Gasteiger partial charge >= 0.3 is 0 Å². The van der Waals surface area contributed by atoms with Crippen LogP contribution in [0, 0.1) is 11.3 Å². The van der Waals surface area contributed by atoms with E-state index in [1.807, 2.05) is 30.3 Å². The molecular formula is C17H13ClN4S. The Kier molecular flexibility index (Phi) is 4.22. The minimum absolute atomic E-state index is 0.106. The van der Waals surface area contributed by atoms with Gasteiger partial charge in [0, 0.05) is 20.2 Å². The maximum Gasteiger partial charge on any atom is 0.151 e. The lowest BCUT2D eigenvalue weighted by molar-refractivity contribution is 0.920. The first-order valence-corrected chi connectivity index (χ1v) is 7.98. The summed E-state index contributed by atoms with van der Waals surface area (Å²) in [6, 6.07) is 17.7. The summed E-state index contributed by atoms with van der Waals surface area (Å²) < 4.78 is 1.20. The number of nitrogens with zero attached hydrogens (tertiary/aromatic N) is 1. The average Bonchev–Trinajstić information content (AvgIpc) is 2.99. The molecule has 0 saturated carbocycles. The summed E-state index contributed by atoms with van der Waals surface area (Å²) in [5.41, 5.74) is 10.3. The SMILES string of the molecule is N#C/C(NN)=C(/N)c1cc(Cl)cc(-c2cc3ccccc3s2)c1. The van der Waals surface area contributed by atoms with Crippen molar-refractivity contribution in [2.45, 2.75) is 0 Å². The molecule has 2 aromatic carbocycles. The number of fused-ring (bicyclic) bond motifs is 1. The highest BCUT2D eigenvalue weighted by atomic mass is 35.5. The molecule has 0 amide bonds. The number of hydrogen-bond acceptors (Lipinski definition) is 5. The van der Waals surface area contributed by atoms with E-state index in [9.17, 15) is 0 Å². The Balaban J connectivity index is 2.14. The van der Waals surface area contributed by atoms with Gasteiger partial charge in [-0.25, -0.2) is 5.84 Å². The molecule has 114 valence electrons. The minimum Gasteiger partial charge on any atom is -0.396 e. The minimum atomic E-state index is 0.106. The highest BCUT2D eigenvalue weighted by Gasteiger charge is 2.10. The van der Waals surface area contributed by atoms with Crippen LogP contribution < -0.4 is 17.0 Å². The van der Waals surface area contributed by atoms with Gasteiger partial charge < -0.3 is 11.2 Å². The van der Waals surface area contributed by atoms with Crippen molar-refractivity contribution in [2.75, 3.05) is 0 Å². The third-order valence-electron chi connectivity index (χ3n) is 3.44. The summed E-state index contributed by atoms with van der Waals surface area (Å²) in [5.74, 6) is 5.32. The van der Waals surface area contributed by atoms with Gasteiger partial charge in [-0.2, -0.15) is 5.26 Å². The van der Waals surface area contributed by atoms with Crippen LogP contribution in [-0.2, 0) is 0 Å². The maximum atomic E-state index is 9.05. The number of hydrazine groups is 1. The van der Waals surface area contributed by atoms with Crippen LogP contribution in [0.15, 0.2) is 54.2 Å². The summed E-state index contributed by atoms with van der Waals surface area (Å²) in [7, 11) is 0. The van der Waals surface area contributed by atoms with Crippen molar-refractivity contribution in [2.24, 2.45) is 11.6 Å². The molecule has 0 spiro atoms. The Bertz CT molecular complexity index is 920. The molecule has 3 rings (SSSR count). The van der Waals surface area contributed by atoms with E-state index in [4.69, 9.17) is 28.4 Å². The molecule has 0 fully saturated rings. The molecular weight excluding hydrogens is 328 g/mol. The molecule has 5 N–H and O–H groups in total. The highest BCUT2D eigenvalue weighted by molar-refractivity contribution is 7.22. The summed E-state index contributed by atoms with van der Waals surface area (Å²) in [6.45, 7) is 0. The molecule has 0 aliphatic rings. The molecule has 4 nitrogen and oxygen atoms in total. The Morgan fingerprint density at radius 2 is 1.96 bits per heavy atom. The van der Waals surface area contributed by atoms with Crippen molar-refractivity contribution in [1.82, 2.24) is 5.43 Å². The number of nitrogens with one attached hydrogen (secondary N) is 1. The van der Waals surface area contributed by atoms with Crippen LogP contribution in [0.5, 0.6) is 0 Å².